The predicted octanol–water partition coefficient (Wildman–Crippen LogP) is 13.5. The lowest BCUT2D eigenvalue weighted by molar-refractivity contribution is 0.185. The number of hydrogen-bond acceptors (Lipinski definition) is 3. The van der Waals surface area contributed by atoms with Crippen LogP contribution in [-0.4, -0.2) is 35.3 Å². The molecule has 0 saturated heterocycles. The molecule has 3 unspecified atom stereocenters. The number of aliphatic imine (C=N–C) groups is 3. The number of hydrogen-bond donors (Lipinski definition) is 0. The zero-order valence-electron chi connectivity index (χ0n) is 29.0. The Morgan fingerprint density at radius 3 is 0.905 bits per heavy atom. The maximum absolute atomic E-state index is 5.02. The lowest BCUT2D eigenvalue weighted by Crippen LogP contribution is -2.22. The van der Waals surface area contributed by atoms with E-state index < -0.39 is 0 Å². The van der Waals surface area contributed by atoms with Crippen LogP contribution in [0.3, 0.4) is 0 Å². The average Bonchev–Trinajstić information content (AvgIpc) is 2.76. The maximum Gasteiger partial charge on any atom is 0.0470 e. The summed E-state index contributed by atoms with van der Waals surface area (Å²) >= 11 is 0. The molecular weight excluding hydrogens is 510 g/mol. The highest BCUT2D eigenvalue weighted by Gasteiger charge is 2.27. The van der Waals surface area contributed by atoms with Crippen molar-refractivity contribution < 1.29 is 0 Å². The lowest BCUT2D eigenvalue weighted by atomic mass is 9.72. The van der Waals surface area contributed by atoms with Crippen LogP contribution >= 0.6 is 0 Å². The molecule has 0 aliphatic rings. The third kappa shape index (κ3) is 25.5. The van der Waals surface area contributed by atoms with E-state index in [1.54, 1.807) is 0 Å². The molecule has 0 saturated carbocycles. The van der Waals surface area contributed by atoms with Gasteiger partial charge in [0.1, 0.15) is 0 Å². The Bertz CT molecular complexity index is 620. The topological polar surface area (TPSA) is 37.1 Å². The molecule has 42 heavy (non-hydrogen) atoms. The number of rotatable bonds is 22. The molecule has 0 aromatic carbocycles. The van der Waals surface area contributed by atoms with Gasteiger partial charge in [0, 0.05) is 35.3 Å². The Labute approximate surface area is 268 Å². The van der Waals surface area contributed by atoms with Gasteiger partial charge in [0.15, 0.2) is 0 Å². The quantitative estimate of drug-likeness (QED) is 0.112. The fourth-order valence-electron chi connectivity index (χ4n) is 6.48. The summed E-state index contributed by atoms with van der Waals surface area (Å²) in [4.78, 5) is 15.0. The van der Waals surface area contributed by atoms with E-state index >= 15 is 0 Å². The zero-order chi connectivity index (χ0) is 30.0. The molecule has 0 radical (unpaired) electrons. The first-order valence-electron chi connectivity index (χ1n) is 16.8. The minimum atomic E-state index is 0. The third-order valence-electron chi connectivity index (χ3n) is 8.17. The molecule has 0 aliphatic heterocycles. The van der Waals surface area contributed by atoms with Gasteiger partial charge in [-0.05, 0) is 122 Å². The summed E-state index contributed by atoms with van der Waals surface area (Å²) in [6.45, 7) is 29.7. The smallest absolute Gasteiger partial charge is 0.0470 e. The van der Waals surface area contributed by atoms with Crippen LogP contribution in [0.2, 0.25) is 0 Å². The first kappa shape index (κ1) is 47.9. The summed E-state index contributed by atoms with van der Waals surface area (Å²) in [5.41, 5.74) is 4.42. The van der Waals surface area contributed by atoms with Crippen molar-refractivity contribution >= 4 is 17.1 Å². The summed E-state index contributed by atoms with van der Waals surface area (Å²) in [6.07, 6.45) is 16.1. The molecule has 0 fully saturated rings. The van der Waals surface area contributed by atoms with Crippen LogP contribution in [0, 0.1) is 23.2 Å². The second-order valence-electron chi connectivity index (χ2n) is 14.5. The summed E-state index contributed by atoms with van der Waals surface area (Å²) < 4.78 is 0. The van der Waals surface area contributed by atoms with Gasteiger partial charge < -0.3 is 0 Å². The van der Waals surface area contributed by atoms with Crippen LogP contribution < -0.4 is 0 Å². The van der Waals surface area contributed by atoms with E-state index in [1.165, 1.54) is 81.3 Å². The fourth-order valence-corrected chi connectivity index (χ4v) is 6.48. The van der Waals surface area contributed by atoms with E-state index in [0.29, 0.717) is 41.3 Å². The van der Waals surface area contributed by atoms with Gasteiger partial charge in [-0.15, -0.1) is 0 Å². The Morgan fingerprint density at radius 1 is 0.476 bits per heavy atom. The maximum atomic E-state index is 5.02. The predicted molar refractivity (Wildman–Crippen MR) is 201 cm³/mol. The summed E-state index contributed by atoms with van der Waals surface area (Å²) in [5, 5.41) is 0. The summed E-state index contributed by atoms with van der Waals surface area (Å²) in [7, 11) is 0. The van der Waals surface area contributed by atoms with Gasteiger partial charge in [-0.25, -0.2) is 0 Å². The summed E-state index contributed by atoms with van der Waals surface area (Å²) in [5.74, 6) is 2.07. The van der Waals surface area contributed by atoms with Crippen LogP contribution in [0.5, 0.6) is 0 Å². The van der Waals surface area contributed by atoms with E-state index in [1.807, 2.05) is 0 Å². The molecule has 0 N–H and O–H groups in total. The van der Waals surface area contributed by atoms with Crippen molar-refractivity contribution in [3.63, 3.8) is 0 Å². The van der Waals surface area contributed by atoms with Crippen molar-refractivity contribution in [1.29, 1.82) is 0 Å². The van der Waals surface area contributed by atoms with Crippen molar-refractivity contribution in [3.8, 4) is 0 Å². The van der Waals surface area contributed by atoms with E-state index in [2.05, 4.69) is 90.0 Å². The van der Waals surface area contributed by atoms with Gasteiger partial charge >= 0.3 is 0 Å². The minimum absolute atomic E-state index is 0. The molecule has 0 bridgehead atoms. The average molecular weight is 594 g/mol. The van der Waals surface area contributed by atoms with Crippen molar-refractivity contribution in [2.24, 2.45) is 38.1 Å². The number of nitrogens with zero attached hydrogens (tertiary/aromatic N) is 3. The van der Waals surface area contributed by atoms with E-state index in [9.17, 15) is 0 Å². The first-order chi connectivity index (χ1) is 18.2. The molecule has 0 aliphatic carbocycles. The van der Waals surface area contributed by atoms with Crippen LogP contribution in [0.15, 0.2) is 15.0 Å². The molecule has 0 rings (SSSR count). The zero-order valence-corrected chi connectivity index (χ0v) is 29.0. The Morgan fingerprint density at radius 2 is 0.714 bits per heavy atom. The van der Waals surface area contributed by atoms with Gasteiger partial charge in [-0.3, -0.25) is 15.0 Å². The second-order valence-corrected chi connectivity index (χ2v) is 14.5. The van der Waals surface area contributed by atoms with Gasteiger partial charge in [-0.2, -0.15) is 0 Å². The van der Waals surface area contributed by atoms with Crippen molar-refractivity contribution in [1.82, 2.24) is 0 Å². The van der Waals surface area contributed by atoms with Crippen molar-refractivity contribution in [2.75, 3.05) is 0 Å². The fraction of sp³-hybridized carbons (Fsp3) is 0.923. The second kappa shape index (κ2) is 26.4. The van der Waals surface area contributed by atoms with Crippen molar-refractivity contribution in [3.05, 3.63) is 0 Å². The highest BCUT2D eigenvalue weighted by molar-refractivity contribution is 5.82. The molecule has 0 spiro atoms. The SMILES string of the molecule is C.C.C.CCC(CCCC(C)N=C(C)CC(C)C)(CCCC(C)N=C(C)CC(C)C)CCCC(C)N=C(C)CC(C)C. The van der Waals surface area contributed by atoms with E-state index in [4.69, 9.17) is 15.0 Å². The minimum Gasteiger partial charge on any atom is -0.291 e. The highest BCUT2D eigenvalue weighted by Crippen LogP contribution is 2.40. The largest absolute Gasteiger partial charge is 0.291 e. The van der Waals surface area contributed by atoms with Gasteiger partial charge in [0.2, 0.25) is 0 Å². The Hall–Kier alpha value is -0.990. The van der Waals surface area contributed by atoms with Gasteiger partial charge in [0.05, 0.1) is 0 Å². The van der Waals surface area contributed by atoms with Crippen molar-refractivity contribution in [2.45, 2.75) is 214 Å². The van der Waals surface area contributed by atoms with E-state index in [0.717, 1.165) is 19.3 Å². The summed E-state index contributed by atoms with van der Waals surface area (Å²) in [6, 6.07) is 1.32. The third-order valence-corrected chi connectivity index (χ3v) is 8.17. The Balaban J connectivity index is -0.00000241. The molecule has 3 nitrogen and oxygen atoms in total. The standard InChI is InChI=1S/C36H71N3.3CH4/c1-14-36(21-15-18-30(8)37-33(11)24-27(2)3,22-16-19-31(9)38-34(12)25-28(4)5)23-17-20-32(10)39-35(13)26-29(6)7;;;/h27-32H,14-26H2,1-13H3;3*1H4. The van der Waals surface area contributed by atoms with Gasteiger partial charge in [-0.1, -0.05) is 96.4 Å². The highest BCUT2D eigenvalue weighted by atomic mass is 14.8. The molecule has 0 heterocycles. The molecular formula is C39H83N3. The molecule has 0 aromatic heterocycles. The lowest BCUT2D eigenvalue weighted by Gasteiger charge is -2.34. The molecule has 3 heteroatoms. The molecule has 0 aromatic rings. The first-order valence-corrected chi connectivity index (χ1v) is 16.8. The van der Waals surface area contributed by atoms with Crippen LogP contribution in [0.25, 0.3) is 0 Å². The molecule has 3 atom stereocenters. The monoisotopic (exact) mass is 594 g/mol. The molecule has 0 amide bonds. The van der Waals surface area contributed by atoms with Crippen LogP contribution in [-0.2, 0) is 0 Å². The van der Waals surface area contributed by atoms with Crippen LogP contribution in [0.4, 0.5) is 0 Å². The Kier molecular flexibility index (Phi) is 30.1. The van der Waals surface area contributed by atoms with E-state index in [-0.39, 0.29) is 22.3 Å². The van der Waals surface area contributed by atoms with Gasteiger partial charge in [0.25, 0.3) is 0 Å². The normalized spacial score (nSPS) is 16.4. The molecule has 254 valence electrons. The van der Waals surface area contributed by atoms with Crippen LogP contribution in [0.1, 0.15) is 196 Å².